The average molecular weight is 206 g/mol. The van der Waals surface area contributed by atoms with Crippen molar-refractivity contribution >= 4 is 0 Å². The first-order chi connectivity index (χ1) is 7.07. The van der Waals surface area contributed by atoms with Gasteiger partial charge < -0.3 is 9.47 Å². The Hall–Kier alpha value is -1.02. The molecule has 1 heterocycles. The van der Waals surface area contributed by atoms with Gasteiger partial charge in [-0.25, -0.2) is 0 Å². The van der Waals surface area contributed by atoms with Gasteiger partial charge in [-0.3, -0.25) is 0 Å². The van der Waals surface area contributed by atoms with Crippen molar-refractivity contribution in [2.45, 2.75) is 26.2 Å². The van der Waals surface area contributed by atoms with Gasteiger partial charge in [0.05, 0.1) is 20.3 Å². The van der Waals surface area contributed by atoms with Crippen molar-refractivity contribution in [2.24, 2.45) is 0 Å². The Morgan fingerprint density at radius 3 is 2.40 bits per heavy atom. The number of ether oxygens (including phenoxy) is 2. The van der Waals surface area contributed by atoms with Crippen molar-refractivity contribution in [1.82, 2.24) is 0 Å². The summed E-state index contributed by atoms with van der Waals surface area (Å²) in [7, 11) is 1.74. The van der Waals surface area contributed by atoms with E-state index in [1.807, 2.05) is 0 Å². The maximum absolute atomic E-state index is 5.47. The van der Waals surface area contributed by atoms with Gasteiger partial charge >= 0.3 is 0 Å². The van der Waals surface area contributed by atoms with Gasteiger partial charge in [-0.1, -0.05) is 13.0 Å². The highest BCUT2D eigenvalue weighted by Crippen LogP contribution is 2.40. The summed E-state index contributed by atoms with van der Waals surface area (Å²) in [5.74, 6) is 0.998. The quantitative estimate of drug-likeness (QED) is 0.740. The Morgan fingerprint density at radius 1 is 1.27 bits per heavy atom. The van der Waals surface area contributed by atoms with Gasteiger partial charge in [0.25, 0.3) is 0 Å². The molecular weight excluding hydrogens is 188 g/mol. The van der Waals surface area contributed by atoms with E-state index in [9.17, 15) is 0 Å². The molecule has 1 fully saturated rings. The minimum absolute atomic E-state index is 0.142. The third-order valence-corrected chi connectivity index (χ3v) is 3.11. The second-order valence-electron chi connectivity index (χ2n) is 4.71. The predicted octanol–water partition coefficient (Wildman–Crippen LogP) is 2.60. The summed E-state index contributed by atoms with van der Waals surface area (Å²) in [5, 5.41) is 0. The summed E-state index contributed by atoms with van der Waals surface area (Å²) in [4.78, 5) is 0. The van der Waals surface area contributed by atoms with E-state index >= 15 is 0 Å². The van der Waals surface area contributed by atoms with Crippen LogP contribution in [-0.4, -0.2) is 20.3 Å². The van der Waals surface area contributed by atoms with Crippen LogP contribution in [0.3, 0.4) is 0 Å². The first-order valence-electron chi connectivity index (χ1n) is 5.30. The molecule has 2 rings (SSSR count). The molecule has 0 saturated carbocycles. The fourth-order valence-corrected chi connectivity index (χ4v) is 2.42. The minimum Gasteiger partial charge on any atom is -0.496 e. The van der Waals surface area contributed by atoms with Crippen molar-refractivity contribution in [3.63, 3.8) is 0 Å². The number of hydrogen-bond donors (Lipinski definition) is 0. The summed E-state index contributed by atoms with van der Waals surface area (Å²) in [6.07, 6.45) is 0. The van der Waals surface area contributed by atoms with Gasteiger partial charge in [0.1, 0.15) is 5.75 Å². The second-order valence-corrected chi connectivity index (χ2v) is 4.71. The smallest absolute Gasteiger partial charge is 0.123 e. The van der Waals surface area contributed by atoms with Crippen LogP contribution in [0.2, 0.25) is 0 Å². The highest BCUT2D eigenvalue weighted by atomic mass is 16.5. The second kappa shape index (κ2) is 3.53. The van der Waals surface area contributed by atoms with Crippen molar-refractivity contribution in [2.75, 3.05) is 20.3 Å². The molecule has 0 amide bonds. The van der Waals surface area contributed by atoms with E-state index in [0.29, 0.717) is 0 Å². The van der Waals surface area contributed by atoms with Crippen LogP contribution in [-0.2, 0) is 10.2 Å². The maximum atomic E-state index is 5.47. The number of methoxy groups -OCH3 is 1. The van der Waals surface area contributed by atoms with Crippen molar-refractivity contribution < 1.29 is 9.47 Å². The molecule has 1 aromatic carbocycles. The van der Waals surface area contributed by atoms with Crippen LogP contribution >= 0.6 is 0 Å². The molecule has 0 aliphatic carbocycles. The molecule has 1 saturated heterocycles. The molecule has 0 aromatic heterocycles. The monoisotopic (exact) mass is 206 g/mol. The summed E-state index contributed by atoms with van der Waals surface area (Å²) in [5.41, 5.74) is 4.00. The predicted molar refractivity (Wildman–Crippen MR) is 60.6 cm³/mol. The number of benzene rings is 1. The summed E-state index contributed by atoms with van der Waals surface area (Å²) >= 11 is 0. The molecule has 2 heteroatoms. The van der Waals surface area contributed by atoms with Crippen molar-refractivity contribution in [3.05, 3.63) is 28.8 Å². The third-order valence-electron chi connectivity index (χ3n) is 3.11. The Bertz CT molecular complexity index is 378. The van der Waals surface area contributed by atoms with Gasteiger partial charge in [0.15, 0.2) is 0 Å². The van der Waals surface area contributed by atoms with Gasteiger partial charge in [-0.15, -0.1) is 0 Å². The molecule has 0 spiro atoms. The summed E-state index contributed by atoms with van der Waals surface area (Å²) in [6, 6.07) is 4.31. The SMILES string of the molecule is COc1cc(C)cc(C)c1C1(C)COC1. The zero-order valence-corrected chi connectivity index (χ0v) is 9.89. The van der Waals surface area contributed by atoms with Gasteiger partial charge in [-0.2, -0.15) is 0 Å². The van der Waals surface area contributed by atoms with E-state index < -0.39 is 0 Å². The van der Waals surface area contributed by atoms with Crippen LogP contribution in [0.1, 0.15) is 23.6 Å². The summed E-state index contributed by atoms with van der Waals surface area (Å²) in [6.45, 7) is 8.07. The lowest BCUT2D eigenvalue weighted by Crippen LogP contribution is -2.44. The topological polar surface area (TPSA) is 18.5 Å². The Balaban J connectivity index is 2.53. The van der Waals surface area contributed by atoms with Crippen molar-refractivity contribution in [1.29, 1.82) is 0 Å². The van der Waals surface area contributed by atoms with Crippen LogP contribution in [0, 0.1) is 13.8 Å². The molecule has 0 radical (unpaired) electrons. The molecule has 0 bridgehead atoms. The standard InChI is InChI=1S/C13H18O2/c1-9-5-10(2)12(11(6-9)14-4)13(3)7-15-8-13/h5-6H,7-8H2,1-4H3. The fourth-order valence-electron chi connectivity index (χ4n) is 2.42. The zero-order chi connectivity index (χ0) is 11.1. The lowest BCUT2D eigenvalue weighted by atomic mass is 9.77. The third kappa shape index (κ3) is 1.63. The first kappa shape index (κ1) is 10.5. The lowest BCUT2D eigenvalue weighted by molar-refractivity contribution is -0.0512. The molecule has 0 atom stereocenters. The Labute approximate surface area is 91.2 Å². The largest absolute Gasteiger partial charge is 0.496 e. The lowest BCUT2D eigenvalue weighted by Gasteiger charge is -2.40. The van der Waals surface area contributed by atoms with Crippen LogP contribution in [0.15, 0.2) is 12.1 Å². The van der Waals surface area contributed by atoms with E-state index in [-0.39, 0.29) is 5.41 Å². The average Bonchev–Trinajstić information content (AvgIpc) is 2.13. The zero-order valence-electron chi connectivity index (χ0n) is 9.89. The minimum atomic E-state index is 0.142. The first-order valence-corrected chi connectivity index (χ1v) is 5.30. The van der Waals surface area contributed by atoms with Gasteiger partial charge in [0, 0.05) is 11.0 Å². The van der Waals surface area contributed by atoms with E-state index in [2.05, 4.69) is 32.9 Å². The fraction of sp³-hybridized carbons (Fsp3) is 0.538. The van der Waals surface area contributed by atoms with Crippen molar-refractivity contribution in [3.8, 4) is 5.75 Å². The molecule has 15 heavy (non-hydrogen) atoms. The molecule has 1 aliphatic heterocycles. The maximum Gasteiger partial charge on any atom is 0.123 e. The van der Waals surface area contributed by atoms with Crippen LogP contribution in [0.5, 0.6) is 5.75 Å². The number of rotatable bonds is 2. The Kier molecular flexibility index (Phi) is 2.47. The van der Waals surface area contributed by atoms with Gasteiger partial charge in [0.2, 0.25) is 0 Å². The highest BCUT2D eigenvalue weighted by Gasteiger charge is 2.38. The van der Waals surface area contributed by atoms with E-state index in [1.54, 1.807) is 7.11 Å². The van der Waals surface area contributed by atoms with E-state index in [0.717, 1.165) is 19.0 Å². The van der Waals surface area contributed by atoms with Crippen LogP contribution in [0.4, 0.5) is 0 Å². The van der Waals surface area contributed by atoms with E-state index in [1.165, 1.54) is 16.7 Å². The molecule has 82 valence electrons. The molecule has 1 aromatic rings. The van der Waals surface area contributed by atoms with Gasteiger partial charge in [-0.05, 0) is 31.0 Å². The summed E-state index contributed by atoms with van der Waals surface area (Å²) < 4.78 is 10.8. The molecule has 0 N–H and O–H groups in total. The molecule has 2 nitrogen and oxygen atoms in total. The number of aryl methyl sites for hydroxylation is 2. The van der Waals surface area contributed by atoms with Crippen LogP contribution < -0.4 is 4.74 Å². The van der Waals surface area contributed by atoms with E-state index in [4.69, 9.17) is 9.47 Å². The Morgan fingerprint density at radius 2 is 1.93 bits per heavy atom. The number of hydrogen-bond acceptors (Lipinski definition) is 2. The van der Waals surface area contributed by atoms with Crippen LogP contribution in [0.25, 0.3) is 0 Å². The molecular formula is C13H18O2. The highest BCUT2D eigenvalue weighted by molar-refractivity contribution is 5.48. The molecule has 0 unspecified atom stereocenters. The molecule has 1 aliphatic rings. The normalized spacial score (nSPS) is 18.4.